The van der Waals surface area contributed by atoms with Crippen molar-refractivity contribution in [1.29, 1.82) is 0 Å². The van der Waals surface area contributed by atoms with Gasteiger partial charge >= 0.3 is 5.97 Å². The van der Waals surface area contributed by atoms with Crippen LogP contribution in [0.4, 0.5) is 0 Å². The summed E-state index contributed by atoms with van der Waals surface area (Å²) in [6, 6.07) is -2.44. The van der Waals surface area contributed by atoms with E-state index in [0.29, 0.717) is 12.2 Å². The van der Waals surface area contributed by atoms with Crippen molar-refractivity contribution in [2.24, 2.45) is 5.92 Å². The molecule has 0 aromatic rings. The Bertz CT molecular complexity index is 702. The summed E-state index contributed by atoms with van der Waals surface area (Å²) in [5.41, 5.74) is 0. The second-order valence-electron chi connectivity index (χ2n) is 7.96. The molecule has 1 fully saturated rings. The van der Waals surface area contributed by atoms with Gasteiger partial charge in [0.15, 0.2) is 0 Å². The van der Waals surface area contributed by atoms with Gasteiger partial charge in [0.1, 0.15) is 18.2 Å². The number of allylic oxidation sites excluding steroid dienone is 1. The third kappa shape index (κ3) is 8.38. The molecule has 0 unspecified atom stereocenters. The van der Waals surface area contributed by atoms with Gasteiger partial charge in [-0.3, -0.25) is 19.2 Å². The first-order valence-corrected chi connectivity index (χ1v) is 12.8. The quantitative estimate of drug-likeness (QED) is 0.246. The number of carbonyl (C=O) groups is 4. The van der Waals surface area contributed by atoms with Crippen LogP contribution in [0.3, 0.4) is 0 Å². The predicted molar refractivity (Wildman–Crippen MR) is 120 cm³/mol. The Hall–Kier alpha value is -1.72. The van der Waals surface area contributed by atoms with Gasteiger partial charge in [-0.15, -0.1) is 0 Å². The predicted octanol–water partition coefficient (Wildman–Crippen LogP) is 0.525. The van der Waals surface area contributed by atoms with Crippen LogP contribution < -0.4 is 16.0 Å². The lowest BCUT2D eigenvalue weighted by atomic mass is 9.96. The fourth-order valence-electron chi connectivity index (χ4n) is 3.20. The fourth-order valence-corrected chi connectivity index (χ4v) is 5.36. The van der Waals surface area contributed by atoms with E-state index in [1.165, 1.54) is 17.7 Å². The molecule has 2 rings (SSSR count). The van der Waals surface area contributed by atoms with Gasteiger partial charge in [0.2, 0.25) is 17.7 Å². The molecular formula is C20H31N3O6S2. The third-order valence-corrected chi connectivity index (χ3v) is 7.37. The highest BCUT2D eigenvalue weighted by atomic mass is 33.1. The van der Waals surface area contributed by atoms with E-state index in [9.17, 15) is 24.3 Å². The van der Waals surface area contributed by atoms with Crippen LogP contribution in [-0.4, -0.2) is 70.6 Å². The lowest BCUT2D eigenvalue weighted by Crippen LogP contribution is -2.57. The van der Waals surface area contributed by atoms with E-state index in [0.717, 1.165) is 5.75 Å². The van der Waals surface area contributed by atoms with Crippen molar-refractivity contribution in [3.63, 3.8) is 0 Å². The zero-order chi connectivity index (χ0) is 23.0. The number of fused-ring (bicyclic) bond motifs is 7. The molecule has 11 heteroatoms. The molecule has 2 aliphatic rings. The van der Waals surface area contributed by atoms with Crippen molar-refractivity contribution in [2.45, 2.75) is 70.4 Å². The van der Waals surface area contributed by atoms with Crippen molar-refractivity contribution in [3.8, 4) is 0 Å². The monoisotopic (exact) mass is 473 g/mol. The van der Waals surface area contributed by atoms with Gasteiger partial charge in [0.05, 0.1) is 25.0 Å². The second-order valence-corrected chi connectivity index (χ2v) is 10.6. The molecule has 2 aliphatic heterocycles. The zero-order valence-corrected chi connectivity index (χ0v) is 19.6. The van der Waals surface area contributed by atoms with E-state index in [1.54, 1.807) is 16.9 Å². The first-order valence-electron chi connectivity index (χ1n) is 10.4. The Balaban J connectivity index is 2.41. The summed E-state index contributed by atoms with van der Waals surface area (Å²) in [7, 11) is 3.02. The van der Waals surface area contributed by atoms with Gasteiger partial charge in [-0.1, -0.05) is 41.5 Å². The van der Waals surface area contributed by atoms with E-state index >= 15 is 0 Å². The van der Waals surface area contributed by atoms with E-state index in [4.69, 9.17) is 4.74 Å². The van der Waals surface area contributed by atoms with Crippen molar-refractivity contribution >= 4 is 45.3 Å². The van der Waals surface area contributed by atoms with Crippen LogP contribution in [0.5, 0.6) is 0 Å². The minimum atomic E-state index is -1.18. The molecule has 9 nitrogen and oxygen atoms in total. The number of hydrogen-bond donors (Lipinski definition) is 4. The Labute approximate surface area is 190 Å². The zero-order valence-electron chi connectivity index (χ0n) is 18.0. The molecule has 5 atom stereocenters. The summed E-state index contributed by atoms with van der Waals surface area (Å²) in [4.78, 5) is 50.4. The highest BCUT2D eigenvalue weighted by Gasteiger charge is 2.32. The topological polar surface area (TPSA) is 134 Å². The van der Waals surface area contributed by atoms with E-state index in [-0.39, 0.29) is 18.8 Å². The summed E-state index contributed by atoms with van der Waals surface area (Å²) in [5, 5.41) is 18.7. The molecule has 2 heterocycles. The number of ether oxygens (including phenoxy) is 1. The summed E-state index contributed by atoms with van der Waals surface area (Å²) in [5.74, 6) is -1.17. The van der Waals surface area contributed by atoms with E-state index in [1.807, 2.05) is 19.9 Å². The molecule has 3 amide bonds. The van der Waals surface area contributed by atoms with Gasteiger partial charge in [-0.05, 0) is 25.3 Å². The molecule has 174 valence electrons. The highest BCUT2D eigenvalue weighted by molar-refractivity contribution is 8.76. The molecule has 0 saturated carbocycles. The van der Waals surface area contributed by atoms with Crippen LogP contribution in [0.1, 0.15) is 40.0 Å². The lowest BCUT2D eigenvalue weighted by molar-refractivity contribution is -0.151. The number of aliphatic hydroxyl groups excluding tert-OH is 1. The molecule has 0 aromatic heterocycles. The van der Waals surface area contributed by atoms with Crippen LogP contribution in [0, 0.1) is 5.92 Å². The minimum Gasteiger partial charge on any atom is -0.457 e. The van der Waals surface area contributed by atoms with Crippen molar-refractivity contribution in [1.82, 2.24) is 16.0 Å². The van der Waals surface area contributed by atoms with Gasteiger partial charge in [-0.25, -0.2) is 0 Å². The van der Waals surface area contributed by atoms with Crippen LogP contribution in [-0.2, 0) is 23.9 Å². The van der Waals surface area contributed by atoms with Crippen molar-refractivity contribution in [2.75, 3.05) is 11.5 Å². The molecule has 2 bridgehead atoms. The Kier molecular flexibility index (Phi) is 10.2. The minimum absolute atomic E-state index is 0.147. The average molecular weight is 474 g/mol. The maximum atomic E-state index is 13.0. The first-order chi connectivity index (χ1) is 14.7. The second kappa shape index (κ2) is 12.4. The SMILES string of the molecule is CC(C)[C@H]1NC(=O)[C@H]2CSSCC/C=C/[C@H](CC(=O)N[C@H](C)C(=O)N2)OC(=O)C[C@@H]1O. The van der Waals surface area contributed by atoms with Crippen LogP contribution in [0.15, 0.2) is 12.2 Å². The molecule has 31 heavy (non-hydrogen) atoms. The average Bonchev–Trinajstić information content (AvgIpc) is 2.68. The molecule has 0 aromatic carbocycles. The normalized spacial score (nSPS) is 33.1. The number of aliphatic hydroxyl groups is 1. The first kappa shape index (κ1) is 25.5. The summed E-state index contributed by atoms with van der Waals surface area (Å²) in [6.07, 6.45) is 1.72. The molecule has 0 aliphatic carbocycles. The molecule has 0 spiro atoms. The number of amides is 3. The molecule has 1 saturated heterocycles. The lowest BCUT2D eigenvalue weighted by Gasteiger charge is -2.29. The van der Waals surface area contributed by atoms with Crippen molar-refractivity contribution in [3.05, 3.63) is 12.2 Å². The maximum absolute atomic E-state index is 13.0. The summed E-state index contributed by atoms with van der Waals surface area (Å²) >= 11 is 0. The third-order valence-electron chi connectivity index (χ3n) is 4.93. The van der Waals surface area contributed by atoms with E-state index < -0.39 is 54.0 Å². The molecular weight excluding hydrogens is 442 g/mol. The fraction of sp³-hybridized carbons (Fsp3) is 0.700. The Morgan fingerprint density at radius 2 is 1.81 bits per heavy atom. The van der Waals surface area contributed by atoms with Crippen molar-refractivity contribution < 1.29 is 29.0 Å². The van der Waals surface area contributed by atoms with Gasteiger partial charge in [0, 0.05) is 11.5 Å². The van der Waals surface area contributed by atoms with Crippen LogP contribution in [0.2, 0.25) is 0 Å². The number of nitrogens with one attached hydrogen (secondary N) is 3. The number of hydrogen-bond acceptors (Lipinski definition) is 8. The van der Waals surface area contributed by atoms with Crippen LogP contribution in [0.25, 0.3) is 0 Å². The number of esters is 1. The van der Waals surface area contributed by atoms with E-state index in [2.05, 4.69) is 16.0 Å². The number of carbonyl (C=O) groups excluding carboxylic acids is 4. The highest BCUT2D eigenvalue weighted by Crippen LogP contribution is 2.24. The van der Waals surface area contributed by atoms with Gasteiger partial charge in [0.25, 0.3) is 0 Å². The molecule has 0 radical (unpaired) electrons. The Morgan fingerprint density at radius 1 is 1.06 bits per heavy atom. The van der Waals surface area contributed by atoms with Gasteiger partial charge < -0.3 is 25.8 Å². The van der Waals surface area contributed by atoms with Crippen LogP contribution >= 0.6 is 21.6 Å². The molecule has 4 N–H and O–H groups in total. The standard InChI is InChI=1S/C20H31N3O6S2/c1-11(2)18-15(24)9-17(26)29-13-6-4-5-7-30-31-10-14(20(28)23-18)22-19(27)12(3)21-16(25)8-13/h4,6,11-15,18,24H,5,7-10H2,1-3H3,(H,21,25)(H,22,27)(H,23,28)/b6-4+/t12-,13-,14-,15+,18-/m1/s1. The summed E-state index contributed by atoms with van der Waals surface area (Å²) < 4.78 is 5.43. The Morgan fingerprint density at radius 3 is 2.52 bits per heavy atom. The van der Waals surface area contributed by atoms with Gasteiger partial charge in [-0.2, -0.15) is 0 Å². The maximum Gasteiger partial charge on any atom is 0.309 e. The smallest absolute Gasteiger partial charge is 0.309 e. The summed E-state index contributed by atoms with van der Waals surface area (Å²) in [6.45, 7) is 5.17. The largest absolute Gasteiger partial charge is 0.457 e. The number of rotatable bonds is 1.